The summed E-state index contributed by atoms with van der Waals surface area (Å²) in [5.74, 6) is 0.531. The molecule has 0 radical (unpaired) electrons. The first-order valence-electron chi connectivity index (χ1n) is 5.62. The minimum Gasteiger partial charge on any atom is -0.379 e. The molecule has 1 amide bonds. The summed E-state index contributed by atoms with van der Waals surface area (Å²) in [7, 11) is 0. The largest absolute Gasteiger partial charge is 0.379 e. The van der Waals surface area contributed by atoms with Gasteiger partial charge in [-0.25, -0.2) is 0 Å². The molecule has 0 aromatic heterocycles. The number of hydrogen-bond acceptors (Lipinski definition) is 3. The zero-order valence-corrected chi connectivity index (χ0v) is 9.88. The zero-order valence-electron chi connectivity index (χ0n) is 9.88. The summed E-state index contributed by atoms with van der Waals surface area (Å²) in [5.41, 5.74) is 5.32. The van der Waals surface area contributed by atoms with Crippen LogP contribution in [0.1, 0.15) is 27.2 Å². The number of amides is 1. The first-order chi connectivity index (χ1) is 7.00. The first-order valence-corrected chi connectivity index (χ1v) is 5.62. The van der Waals surface area contributed by atoms with Crippen LogP contribution < -0.4 is 11.1 Å². The first kappa shape index (κ1) is 12.5. The van der Waals surface area contributed by atoms with E-state index in [0.29, 0.717) is 19.1 Å². The van der Waals surface area contributed by atoms with Crippen LogP contribution in [0.5, 0.6) is 0 Å². The fourth-order valence-corrected chi connectivity index (χ4v) is 1.54. The van der Waals surface area contributed by atoms with Crippen LogP contribution in [0, 0.1) is 11.3 Å². The van der Waals surface area contributed by atoms with Gasteiger partial charge in [-0.15, -0.1) is 0 Å². The Bertz CT molecular complexity index is 233. The van der Waals surface area contributed by atoms with Crippen LogP contribution in [-0.2, 0) is 9.53 Å². The quantitative estimate of drug-likeness (QED) is 0.717. The highest BCUT2D eigenvalue weighted by Gasteiger charge is 2.44. The molecule has 1 aliphatic rings. The van der Waals surface area contributed by atoms with Crippen molar-refractivity contribution in [2.24, 2.45) is 17.1 Å². The predicted molar refractivity (Wildman–Crippen MR) is 59.4 cm³/mol. The number of hydrogen-bond donors (Lipinski definition) is 2. The standard InChI is InChI=1S/C11H22N2O2/c1-4-8(2)5-13-10(14)11(3)7-15-6-9(11)12/h8-9H,4-7,12H2,1-3H3,(H,13,14). The van der Waals surface area contributed by atoms with Gasteiger partial charge in [0.05, 0.1) is 18.6 Å². The maximum atomic E-state index is 11.9. The molecule has 1 aliphatic heterocycles. The molecule has 1 saturated heterocycles. The average Bonchev–Trinajstić information content (AvgIpc) is 2.56. The molecular weight excluding hydrogens is 192 g/mol. The van der Waals surface area contributed by atoms with Gasteiger partial charge in [-0.3, -0.25) is 4.79 Å². The Morgan fingerprint density at radius 3 is 2.87 bits per heavy atom. The number of carbonyl (C=O) groups is 1. The smallest absolute Gasteiger partial charge is 0.229 e. The number of ether oxygens (including phenoxy) is 1. The van der Waals surface area contributed by atoms with Crippen molar-refractivity contribution in [3.63, 3.8) is 0 Å². The third-order valence-electron chi connectivity index (χ3n) is 3.34. The van der Waals surface area contributed by atoms with Crippen LogP contribution in [0.3, 0.4) is 0 Å². The van der Waals surface area contributed by atoms with Gasteiger partial charge in [-0.2, -0.15) is 0 Å². The van der Waals surface area contributed by atoms with Gasteiger partial charge in [-0.1, -0.05) is 20.3 Å². The van der Waals surface area contributed by atoms with E-state index < -0.39 is 5.41 Å². The van der Waals surface area contributed by atoms with Crippen LogP contribution in [0.15, 0.2) is 0 Å². The number of nitrogens with one attached hydrogen (secondary N) is 1. The predicted octanol–water partition coefficient (Wildman–Crippen LogP) is 0.513. The molecule has 0 aromatic rings. The molecule has 0 aromatic carbocycles. The van der Waals surface area contributed by atoms with E-state index in [1.54, 1.807) is 0 Å². The van der Waals surface area contributed by atoms with Crippen LogP contribution in [0.4, 0.5) is 0 Å². The van der Waals surface area contributed by atoms with Crippen molar-refractivity contribution in [1.82, 2.24) is 5.32 Å². The monoisotopic (exact) mass is 214 g/mol. The minimum atomic E-state index is -0.548. The van der Waals surface area contributed by atoms with E-state index in [-0.39, 0.29) is 11.9 Å². The summed E-state index contributed by atoms with van der Waals surface area (Å²) in [5, 5.41) is 2.95. The molecule has 1 rings (SSSR count). The molecular formula is C11H22N2O2. The minimum absolute atomic E-state index is 0.0211. The lowest BCUT2D eigenvalue weighted by Gasteiger charge is -2.26. The van der Waals surface area contributed by atoms with E-state index in [2.05, 4.69) is 19.2 Å². The van der Waals surface area contributed by atoms with Crippen LogP contribution in [0.2, 0.25) is 0 Å². The molecule has 0 spiro atoms. The van der Waals surface area contributed by atoms with Crippen molar-refractivity contribution in [2.75, 3.05) is 19.8 Å². The van der Waals surface area contributed by atoms with Gasteiger partial charge < -0.3 is 15.8 Å². The number of rotatable bonds is 4. The van der Waals surface area contributed by atoms with E-state index in [4.69, 9.17) is 10.5 Å². The lowest BCUT2D eigenvalue weighted by molar-refractivity contribution is -0.130. The van der Waals surface area contributed by atoms with Crippen molar-refractivity contribution < 1.29 is 9.53 Å². The maximum absolute atomic E-state index is 11.9. The second kappa shape index (κ2) is 4.94. The molecule has 0 bridgehead atoms. The van der Waals surface area contributed by atoms with E-state index in [9.17, 15) is 4.79 Å². The molecule has 4 heteroatoms. The number of nitrogens with two attached hydrogens (primary N) is 1. The third kappa shape index (κ3) is 2.69. The SMILES string of the molecule is CCC(C)CNC(=O)C1(C)COCC1N. The summed E-state index contributed by atoms with van der Waals surface area (Å²) in [4.78, 5) is 11.9. The summed E-state index contributed by atoms with van der Waals surface area (Å²) >= 11 is 0. The molecule has 0 aliphatic carbocycles. The third-order valence-corrected chi connectivity index (χ3v) is 3.34. The van der Waals surface area contributed by atoms with Gasteiger partial charge >= 0.3 is 0 Å². The van der Waals surface area contributed by atoms with E-state index in [1.807, 2.05) is 6.92 Å². The van der Waals surface area contributed by atoms with Crippen molar-refractivity contribution in [2.45, 2.75) is 33.2 Å². The normalized spacial score (nSPS) is 32.7. The Morgan fingerprint density at radius 2 is 2.40 bits per heavy atom. The van der Waals surface area contributed by atoms with Crippen molar-refractivity contribution in [3.05, 3.63) is 0 Å². The molecule has 3 N–H and O–H groups in total. The van der Waals surface area contributed by atoms with Gasteiger partial charge in [-0.05, 0) is 12.8 Å². The highest BCUT2D eigenvalue weighted by Crippen LogP contribution is 2.27. The van der Waals surface area contributed by atoms with Crippen LogP contribution in [0.25, 0.3) is 0 Å². The lowest BCUT2D eigenvalue weighted by Crippen LogP contribution is -2.50. The molecule has 1 heterocycles. The van der Waals surface area contributed by atoms with Crippen molar-refractivity contribution in [3.8, 4) is 0 Å². The van der Waals surface area contributed by atoms with Crippen molar-refractivity contribution in [1.29, 1.82) is 0 Å². The second-order valence-corrected chi connectivity index (χ2v) is 4.76. The second-order valence-electron chi connectivity index (χ2n) is 4.76. The number of carbonyl (C=O) groups excluding carboxylic acids is 1. The Kier molecular flexibility index (Phi) is 4.11. The molecule has 1 fully saturated rings. The van der Waals surface area contributed by atoms with E-state index >= 15 is 0 Å². The van der Waals surface area contributed by atoms with Crippen LogP contribution >= 0.6 is 0 Å². The Morgan fingerprint density at radius 1 is 1.73 bits per heavy atom. The van der Waals surface area contributed by atoms with Crippen LogP contribution in [-0.4, -0.2) is 31.7 Å². The fourth-order valence-electron chi connectivity index (χ4n) is 1.54. The highest BCUT2D eigenvalue weighted by molar-refractivity contribution is 5.83. The Labute approximate surface area is 91.5 Å². The molecule has 15 heavy (non-hydrogen) atoms. The van der Waals surface area contributed by atoms with Gasteiger partial charge in [0.2, 0.25) is 5.91 Å². The summed E-state index contributed by atoms with van der Waals surface area (Å²) in [6.45, 7) is 7.73. The van der Waals surface area contributed by atoms with E-state index in [0.717, 1.165) is 13.0 Å². The summed E-state index contributed by atoms with van der Waals surface area (Å²) in [6.07, 6.45) is 1.07. The molecule has 0 saturated carbocycles. The topological polar surface area (TPSA) is 64.3 Å². The summed E-state index contributed by atoms with van der Waals surface area (Å²) < 4.78 is 5.24. The Hall–Kier alpha value is -0.610. The van der Waals surface area contributed by atoms with Crippen molar-refractivity contribution >= 4 is 5.91 Å². The average molecular weight is 214 g/mol. The van der Waals surface area contributed by atoms with E-state index in [1.165, 1.54) is 0 Å². The zero-order chi connectivity index (χ0) is 11.5. The van der Waals surface area contributed by atoms with Gasteiger partial charge in [0, 0.05) is 12.6 Å². The summed E-state index contributed by atoms with van der Waals surface area (Å²) in [6, 6.07) is -0.186. The molecule has 4 nitrogen and oxygen atoms in total. The van der Waals surface area contributed by atoms with Gasteiger partial charge in [0.15, 0.2) is 0 Å². The maximum Gasteiger partial charge on any atom is 0.229 e. The Balaban J connectivity index is 2.46. The fraction of sp³-hybridized carbons (Fsp3) is 0.909. The van der Waals surface area contributed by atoms with Gasteiger partial charge in [0.25, 0.3) is 0 Å². The molecule has 88 valence electrons. The lowest BCUT2D eigenvalue weighted by atomic mass is 9.84. The highest BCUT2D eigenvalue weighted by atomic mass is 16.5. The molecule has 3 unspecified atom stereocenters. The molecule has 3 atom stereocenters. The van der Waals surface area contributed by atoms with Gasteiger partial charge in [0.1, 0.15) is 0 Å².